The number of nitrogens with two attached hydrogens (primary N) is 1. The summed E-state index contributed by atoms with van der Waals surface area (Å²) in [6.07, 6.45) is -4.78. The van der Waals surface area contributed by atoms with Crippen molar-refractivity contribution in [2.75, 3.05) is 5.73 Å². The van der Waals surface area contributed by atoms with E-state index in [1.807, 2.05) is 0 Å². The molecule has 1 atom stereocenters. The number of nitrogen functional groups attached to an aromatic ring is 1. The highest BCUT2D eigenvalue weighted by Crippen LogP contribution is 2.34. The first kappa shape index (κ1) is 15.2. The van der Waals surface area contributed by atoms with Crippen molar-refractivity contribution in [2.45, 2.75) is 19.2 Å². The molecule has 0 saturated carbocycles. The van der Waals surface area contributed by atoms with Gasteiger partial charge in [-0.1, -0.05) is 6.07 Å². The van der Waals surface area contributed by atoms with E-state index in [0.717, 1.165) is 6.07 Å². The van der Waals surface area contributed by atoms with E-state index in [2.05, 4.69) is 4.98 Å². The highest BCUT2D eigenvalue weighted by molar-refractivity contribution is 5.46. The molecule has 0 aliphatic carbocycles. The van der Waals surface area contributed by atoms with Crippen LogP contribution in [0.5, 0.6) is 0 Å². The first-order valence-electron chi connectivity index (χ1n) is 5.97. The van der Waals surface area contributed by atoms with Crippen LogP contribution < -0.4 is 5.73 Å². The smallest absolute Gasteiger partial charge is 0.384 e. The number of aromatic nitrogens is 1. The molecule has 3 nitrogen and oxygen atoms in total. The number of aryl methyl sites for hydroxylation is 1. The molecule has 0 spiro atoms. The number of hydrogen-bond donors (Lipinski definition) is 2. The van der Waals surface area contributed by atoms with Gasteiger partial charge in [0.2, 0.25) is 0 Å². The van der Waals surface area contributed by atoms with Gasteiger partial charge in [0, 0.05) is 11.8 Å². The van der Waals surface area contributed by atoms with Gasteiger partial charge in [-0.05, 0) is 36.2 Å². The zero-order valence-corrected chi connectivity index (χ0v) is 10.9. The Labute approximate surface area is 118 Å². The molecule has 0 aliphatic rings. The minimum Gasteiger partial charge on any atom is -0.384 e. The molecule has 0 bridgehead atoms. The molecular weight excluding hydrogens is 288 g/mol. The monoisotopic (exact) mass is 300 g/mol. The van der Waals surface area contributed by atoms with E-state index >= 15 is 0 Å². The van der Waals surface area contributed by atoms with Gasteiger partial charge >= 0.3 is 6.18 Å². The van der Waals surface area contributed by atoms with Gasteiger partial charge in [0.1, 0.15) is 17.7 Å². The minimum atomic E-state index is -4.84. The topological polar surface area (TPSA) is 59.1 Å². The van der Waals surface area contributed by atoms with Crippen LogP contribution in [0.4, 0.5) is 23.4 Å². The summed E-state index contributed by atoms with van der Waals surface area (Å²) >= 11 is 0. The van der Waals surface area contributed by atoms with Crippen molar-refractivity contribution in [3.05, 3.63) is 58.5 Å². The fourth-order valence-electron chi connectivity index (χ4n) is 1.93. The second-order valence-corrected chi connectivity index (χ2v) is 4.63. The number of alkyl halides is 3. The van der Waals surface area contributed by atoms with Gasteiger partial charge in [-0.2, -0.15) is 13.2 Å². The lowest BCUT2D eigenvalue weighted by Gasteiger charge is -2.16. The van der Waals surface area contributed by atoms with Gasteiger partial charge in [0.25, 0.3) is 0 Å². The maximum atomic E-state index is 13.2. The van der Waals surface area contributed by atoms with Crippen LogP contribution in [-0.4, -0.2) is 10.1 Å². The van der Waals surface area contributed by atoms with Crippen LogP contribution >= 0.6 is 0 Å². The Bertz CT molecular complexity index is 671. The van der Waals surface area contributed by atoms with Gasteiger partial charge < -0.3 is 10.8 Å². The van der Waals surface area contributed by atoms with Gasteiger partial charge in [-0.15, -0.1) is 0 Å². The van der Waals surface area contributed by atoms with Gasteiger partial charge in [-0.25, -0.2) is 9.37 Å². The summed E-state index contributed by atoms with van der Waals surface area (Å²) in [7, 11) is 0. The number of hydrogen-bond acceptors (Lipinski definition) is 3. The molecule has 2 rings (SSSR count). The van der Waals surface area contributed by atoms with E-state index in [9.17, 15) is 22.7 Å². The SMILES string of the molecule is Cc1cnc(N)c(C(O)c2ccc(F)c(C(F)(F)F)c2)c1. The zero-order chi connectivity index (χ0) is 15.8. The maximum Gasteiger partial charge on any atom is 0.419 e. The molecule has 1 aromatic heterocycles. The Kier molecular flexibility index (Phi) is 3.87. The van der Waals surface area contributed by atoms with Crippen molar-refractivity contribution in [3.8, 4) is 0 Å². The van der Waals surface area contributed by atoms with Gasteiger partial charge in [0.05, 0.1) is 5.56 Å². The van der Waals surface area contributed by atoms with E-state index in [1.165, 1.54) is 12.3 Å². The van der Waals surface area contributed by atoms with E-state index in [-0.39, 0.29) is 16.9 Å². The number of halogens is 4. The van der Waals surface area contributed by atoms with E-state index < -0.39 is 23.7 Å². The highest BCUT2D eigenvalue weighted by atomic mass is 19.4. The highest BCUT2D eigenvalue weighted by Gasteiger charge is 2.34. The number of aliphatic hydroxyl groups is 1. The standard InChI is InChI=1S/C14H12F4N2O/c1-7-4-9(13(19)20-6-7)12(21)8-2-3-11(15)10(5-8)14(16,17)18/h2-6,12,21H,1H3,(H2,19,20). The van der Waals surface area contributed by atoms with Crippen molar-refractivity contribution in [2.24, 2.45) is 0 Å². The summed E-state index contributed by atoms with van der Waals surface area (Å²) in [6.45, 7) is 1.70. The second-order valence-electron chi connectivity index (χ2n) is 4.63. The van der Waals surface area contributed by atoms with Crippen LogP contribution in [0, 0.1) is 12.7 Å². The van der Waals surface area contributed by atoms with Crippen molar-refractivity contribution in [1.29, 1.82) is 0 Å². The quantitative estimate of drug-likeness (QED) is 0.837. The molecule has 0 fully saturated rings. The van der Waals surface area contributed by atoms with Crippen molar-refractivity contribution >= 4 is 5.82 Å². The molecule has 0 aliphatic heterocycles. The molecule has 2 aromatic rings. The van der Waals surface area contributed by atoms with E-state index in [4.69, 9.17) is 5.73 Å². The molecule has 0 radical (unpaired) electrons. The summed E-state index contributed by atoms with van der Waals surface area (Å²) in [6, 6.07) is 3.84. The number of rotatable bonds is 2. The fraction of sp³-hybridized carbons (Fsp3) is 0.214. The normalized spacial score (nSPS) is 13.2. The Balaban J connectivity index is 2.49. The van der Waals surface area contributed by atoms with Gasteiger partial charge in [-0.3, -0.25) is 0 Å². The number of aliphatic hydroxyl groups excluding tert-OH is 1. The van der Waals surface area contributed by atoms with Crippen molar-refractivity contribution in [3.63, 3.8) is 0 Å². The Hall–Kier alpha value is -2.15. The largest absolute Gasteiger partial charge is 0.419 e. The Morgan fingerprint density at radius 1 is 1.24 bits per heavy atom. The lowest BCUT2D eigenvalue weighted by molar-refractivity contribution is -0.140. The summed E-state index contributed by atoms with van der Waals surface area (Å²) in [4.78, 5) is 3.84. The predicted octanol–water partition coefficient (Wildman–Crippen LogP) is 3.21. The summed E-state index contributed by atoms with van der Waals surface area (Å²) in [5.74, 6) is -1.39. The van der Waals surface area contributed by atoms with Crippen LogP contribution in [0.1, 0.15) is 28.4 Å². The molecule has 21 heavy (non-hydrogen) atoms. The van der Waals surface area contributed by atoms with Crippen molar-refractivity contribution < 1.29 is 22.7 Å². The van der Waals surface area contributed by atoms with Crippen molar-refractivity contribution in [1.82, 2.24) is 4.98 Å². The van der Waals surface area contributed by atoms with Crippen LogP contribution in [0.15, 0.2) is 30.5 Å². The third kappa shape index (κ3) is 3.13. The molecule has 3 N–H and O–H groups in total. The average Bonchev–Trinajstić information content (AvgIpc) is 2.40. The third-order valence-corrected chi connectivity index (χ3v) is 2.99. The van der Waals surface area contributed by atoms with Gasteiger partial charge in [0.15, 0.2) is 0 Å². The average molecular weight is 300 g/mol. The van der Waals surface area contributed by atoms with Crippen LogP contribution in [0.2, 0.25) is 0 Å². The van der Waals surface area contributed by atoms with Crippen LogP contribution in [0.3, 0.4) is 0 Å². The molecule has 1 unspecified atom stereocenters. The Morgan fingerprint density at radius 2 is 1.90 bits per heavy atom. The van der Waals surface area contributed by atoms with Crippen LogP contribution in [-0.2, 0) is 6.18 Å². The fourth-order valence-corrected chi connectivity index (χ4v) is 1.93. The molecule has 1 heterocycles. The van der Waals surface area contributed by atoms with Crippen LogP contribution in [0.25, 0.3) is 0 Å². The lowest BCUT2D eigenvalue weighted by atomic mass is 9.99. The summed E-state index contributed by atoms with van der Waals surface area (Å²) in [5.41, 5.74) is 4.94. The second kappa shape index (κ2) is 5.33. The number of anilines is 1. The molecule has 0 amide bonds. The third-order valence-electron chi connectivity index (χ3n) is 2.99. The summed E-state index contributed by atoms with van der Waals surface area (Å²) in [5, 5.41) is 10.2. The summed E-state index contributed by atoms with van der Waals surface area (Å²) < 4.78 is 51.3. The molecular formula is C14H12F4N2O. The minimum absolute atomic E-state index is 0.00554. The predicted molar refractivity (Wildman–Crippen MR) is 68.9 cm³/mol. The first-order valence-corrected chi connectivity index (χ1v) is 5.97. The molecule has 7 heteroatoms. The molecule has 112 valence electrons. The maximum absolute atomic E-state index is 13.2. The van der Waals surface area contributed by atoms with E-state index in [1.54, 1.807) is 6.92 Å². The zero-order valence-electron chi connectivity index (χ0n) is 10.9. The van der Waals surface area contributed by atoms with E-state index in [0.29, 0.717) is 17.7 Å². The lowest BCUT2D eigenvalue weighted by Crippen LogP contribution is -2.11. The Morgan fingerprint density at radius 3 is 2.52 bits per heavy atom. The number of pyridine rings is 1. The number of nitrogens with zero attached hydrogens (tertiary/aromatic N) is 1. The molecule has 0 saturated heterocycles. The first-order chi connectivity index (χ1) is 9.70. The molecule has 1 aromatic carbocycles. The number of benzene rings is 1.